The molecule has 0 aliphatic rings. The Labute approximate surface area is 167 Å². The van der Waals surface area contributed by atoms with Crippen molar-refractivity contribution >= 4 is 29.9 Å². The molecule has 0 atom stereocenters. The first-order valence-electron chi connectivity index (χ1n) is 7.80. The van der Waals surface area contributed by atoms with Gasteiger partial charge in [-0.25, -0.2) is 0 Å². The molecule has 0 saturated heterocycles. The number of nitrogens with one attached hydrogen (secondary N) is 2. The highest BCUT2D eigenvalue weighted by atomic mass is 127. The molecule has 0 unspecified atom stereocenters. The molecule has 9 heteroatoms. The van der Waals surface area contributed by atoms with Crippen LogP contribution in [0.15, 0.2) is 53.8 Å². The number of benzene rings is 1. The van der Waals surface area contributed by atoms with E-state index in [2.05, 4.69) is 24.9 Å². The topological polar surface area (TPSA) is 50.6 Å². The number of guanidine groups is 1. The fourth-order valence-corrected chi connectivity index (χ4v) is 2.10. The lowest BCUT2D eigenvalue weighted by atomic mass is 10.2. The molecule has 2 N–H and O–H groups in total. The molecule has 0 aliphatic carbocycles. The summed E-state index contributed by atoms with van der Waals surface area (Å²) in [5, 5.41) is 6.34. The average molecular weight is 482 g/mol. The summed E-state index contributed by atoms with van der Waals surface area (Å²) in [7, 11) is 1.68. The molecule has 0 bridgehead atoms. The van der Waals surface area contributed by atoms with Crippen LogP contribution in [-0.4, -0.2) is 36.9 Å². The van der Waals surface area contributed by atoms with Gasteiger partial charge in [-0.2, -0.15) is 13.2 Å². The van der Waals surface area contributed by atoms with Crippen molar-refractivity contribution in [2.24, 2.45) is 4.99 Å². The molecule has 2 aromatic rings. The Hall–Kier alpha value is -1.91. The first kappa shape index (κ1) is 22.1. The van der Waals surface area contributed by atoms with E-state index in [1.165, 1.54) is 12.1 Å². The Morgan fingerprint density at radius 3 is 2.35 bits per heavy atom. The van der Waals surface area contributed by atoms with Gasteiger partial charge in [0.2, 0.25) is 0 Å². The summed E-state index contributed by atoms with van der Waals surface area (Å²) >= 11 is 0. The molecular formula is C17H22F3IN4O. The van der Waals surface area contributed by atoms with Gasteiger partial charge in [-0.1, -0.05) is 12.1 Å². The van der Waals surface area contributed by atoms with Crippen molar-refractivity contribution in [1.29, 1.82) is 0 Å². The van der Waals surface area contributed by atoms with E-state index >= 15 is 0 Å². The monoisotopic (exact) mass is 482 g/mol. The molecule has 0 saturated carbocycles. The second-order valence-corrected chi connectivity index (χ2v) is 5.32. The van der Waals surface area contributed by atoms with Crippen LogP contribution in [-0.2, 0) is 13.1 Å². The van der Waals surface area contributed by atoms with Crippen LogP contribution >= 0.6 is 24.0 Å². The van der Waals surface area contributed by atoms with Crippen LogP contribution < -0.4 is 15.4 Å². The predicted molar refractivity (Wildman–Crippen MR) is 106 cm³/mol. The van der Waals surface area contributed by atoms with Gasteiger partial charge in [0.05, 0.1) is 0 Å². The van der Waals surface area contributed by atoms with E-state index in [0.717, 1.165) is 18.7 Å². The Morgan fingerprint density at radius 1 is 1.12 bits per heavy atom. The fraction of sp³-hybridized carbons (Fsp3) is 0.353. The lowest BCUT2D eigenvalue weighted by molar-refractivity contribution is -0.153. The molecule has 0 fully saturated rings. The normalized spacial score (nSPS) is 11.6. The minimum Gasteiger partial charge on any atom is -0.484 e. The summed E-state index contributed by atoms with van der Waals surface area (Å²) in [4.78, 5) is 4.13. The zero-order valence-corrected chi connectivity index (χ0v) is 16.6. The van der Waals surface area contributed by atoms with Gasteiger partial charge in [-0.15, -0.1) is 24.0 Å². The minimum atomic E-state index is -4.33. The maximum absolute atomic E-state index is 12.1. The first-order chi connectivity index (χ1) is 12.0. The van der Waals surface area contributed by atoms with Gasteiger partial charge >= 0.3 is 6.18 Å². The second-order valence-electron chi connectivity index (χ2n) is 5.32. The van der Waals surface area contributed by atoms with Crippen molar-refractivity contribution in [2.75, 3.05) is 20.2 Å². The van der Waals surface area contributed by atoms with Crippen LogP contribution in [0.3, 0.4) is 0 Å². The molecule has 1 heterocycles. The Kier molecular flexibility index (Phi) is 9.31. The van der Waals surface area contributed by atoms with E-state index in [-0.39, 0.29) is 29.7 Å². The van der Waals surface area contributed by atoms with Crippen LogP contribution in [0.5, 0.6) is 5.75 Å². The number of rotatable bonds is 7. The summed E-state index contributed by atoms with van der Waals surface area (Å²) in [5.74, 6) is 0.847. The molecule has 0 aliphatic heterocycles. The smallest absolute Gasteiger partial charge is 0.422 e. The molecule has 1 aromatic heterocycles. The molecule has 2 rings (SSSR count). The van der Waals surface area contributed by atoms with Crippen LogP contribution in [0.4, 0.5) is 13.2 Å². The summed E-state index contributed by atoms with van der Waals surface area (Å²) in [6, 6.07) is 10.4. The zero-order valence-electron chi connectivity index (χ0n) is 14.3. The summed E-state index contributed by atoms with van der Waals surface area (Å²) < 4.78 is 43.0. The SMILES string of the molecule is CN=C(NCCn1cccc1)NCc1ccc(OCC(F)(F)F)cc1.I. The van der Waals surface area contributed by atoms with Crippen molar-refractivity contribution in [3.8, 4) is 5.75 Å². The Balaban J connectivity index is 0.00000338. The number of ether oxygens (including phenoxy) is 1. The lowest BCUT2D eigenvalue weighted by Gasteiger charge is -2.13. The number of aromatic nitrogens is 1. The molecule has 144 valence electrons. The van der Waals surface area contributed by atoms with Gasteiger partial charge in [-0.3, -0.25) is 4.99 Å². The van der Waals surface area contributed by atoms with Gasteiger partial charge in [0, 0.05) is 39.1 Å². The van der Waals surface area contributed by atoms with E-state index in [0.29, 0.717) is 12.5 Å². The summed E-state index contributed by atoms with van der Waals surface area (Å²) in [6.07, 6.45) is -0.362. The lowest BCUT2D eigenvalue weighted by Crippen LogP contribution is -2.38. The van der Waals surface area contributed by atoms with Crippen LogP contribution in [0.25, 0.3) is 0 Å². The van der Waals surface area contributed by atoms with E-state index in [4.69, 9.17) is 0 Å². The Morgan fingerprint density at radius 2 is 1.77 bits per heavy atom. The average Bonchev–Trinajstić information content (AvgIpc) is 3.10. The zero-order chi connectivity index (χ0) is 18.1. The third-order valence-electron chi connectivity index (χ3n) is 3.34. The molecule has 0 amide bonds. The molecule has 0 radical (unpaired) electrons. The number of hydrogen-bond acceptors (Lipinski definition) is 2. The first-order valence-corrected chi connectivity index (χ1v) is 7.80. The highest BCUT2D eigenvalue weighted by Crippen LogP contribution is 2.18. The number of alkyl halides is 3. The third kappa shape index (κ3) is 8.45. The number of nitrogens with zero attached hydrogens (tertiary/aromatic N) is 2. The van der Waals surface area contributed by atoms with E-state index < -0.39 is 12.8 Å². The van der Waals surface area contributed by atoms with Gasteiger partial charge in [0.25, 0.3) is 0 Å². The van der Waals surface area contributed by atoms with E-state index in [1.54, 1.807) is 19.2 Å². The predicted octanol–water partition coefficient (Wildman–Crippen LogP) is 3.41. The highest BCUT2D eigenvalue weighted by Gasteiger charge is 2.28. The minimum absolute atomic E-state index is 0. The summed E-state index contributed by atoms with van der Waals surface area (Å²) in [6.45, 7) is 0.753. The molecule has 1 aromatic carbocycles. The summed E-state index contributed by atoms with van der Waals surface area (Å²) in [5.41, 5.74) is 0.910. The van der Waals surface area contributed by atoms with Gasteiger partial charge in [-0.05, 0) is 29.8 Å². The van der Waals surface area contributed by atoms with Gasteiger partial charge in [0.15, 0.2) is 12.6 Å². The Bertz CT molecular complexity index is 658. The molecule has 0 spiro atoms. The fourth-order valence-electron chi connectivity index (χ4n) is 2.10. The molecular weight excluding hydrogens is 460 g/mol. The van der Waals surface area contributed by atoms with E-state index in [1.807, 2.05) is 24.5 Å². The third-order valence-corrected chi connectivity index (χ3v) is 3.34. The van der Waals surface area contributed by atoms with Gasteiger partial charge in [0.1, 0.15) is 5.75 Å². The van der Waals surface area contributed by atoms with Crippen molar-refractivity contribution in [1.82, 2.24) is 15.2 Å². The number of aliphatic imine (C=N–C) groups is 1. The number of hydrogen-bond donors (Lipinski definition) is 2. The maximum Gasteiger partial charge on any atom is 0.422 e. The van der Waals surface area contributed by atoms with Crippen molar-refractivity contribution in [2.45, 2.75) is 19.3 Å². The van der Waals surface area contributed by atoms with Gasteiger partial charge < -0.3 is 19.9 Å². The second kappa shape index (κ2) is 10.9. The van der Waals surface area contributed by atoms with Crippen LogP contribution in [0.1, 0.15) is 5.56 Å². The van der Waals surface area contributed by atoms with Crippen molar-refractivity contribution in [3.63, 3.8) is 0 Å². The van der Waals surface area contributed by atoms with Crippen molar-refractivity contribution < 1.29 is 17.9 Å². The van der Waals surface area contributed by atoms with Crippen molar-refractivity contribution in [3.05, 3.63) is 54.4 Å². The van der Waals surface area contributed by atoms with Crippen LogP contribution in [0, 0.1) is 0 Å². The largest absolute Gasteiger partial charge is 0.484 e. The highest BCUT2D eigenvalue weighted by molar-refractivity contribution is 14.0. The van der Waals surface area contributed by atoms with E-state index in [9.17, 15) is 13.2 Å². The maximum atomic E-state index is 12.1. The van der Waals surface area contributed by atoms with Crippen LogP contribution in [0.2, 0.25) is 0 Å². The standard InChI is InChI=1S/C17H21F3N4O.HI/c1-21-16(22-8-11-24-9-2-3-10-24)23-12-14-4-6-15(7-5-14)25-13-17(18,19)20;/h2-7,9-10H,8,11-13H2,1H3,(H2,21,22,23);1H. The molecule has 5 nitrogen and oxygen atoms in total. The number of halogens is 4. The quantitative estimate of drug-likeness (QED) is 0.362. The molecule has 26 heavy (non-hydrogen) atoms.